The van der Waals surface area contributed by atoms with Crippen LogP contribution in [-0.2, 0) is 4.43 Å². The van der Waals surface area contributed by atoms with Gasteiger partial charge in [0.2, 0.25) is 0 Å². The van der Waals surface area contributed by atoms with Crippen LogP contribution in [0.1, 0.15) is 120 Å². The Labute approximate surface area is 249 Å². The summed E-state index contributed by atoms with van der Waals surface area (Å²) in [5.74, 6) is 2.08. The Morgan fingerprint density at radius 2 is 1.70 bits per heavy atom. The molecule has 3 aliphatic carbocycles. The molecule has 0 bridgehead atoms. The molecule has 230 valence electrons. The van der Waals surface area contributed by atoms with Gasteiger partial charge in [-0.15, -0.1) is 0 Å². The highest BCUT2D eigenvalue weighted by atomic mass is 28.4. The molecule has 40 heavy (non-hydrogen) atoms. The Balaban J connectivity index is 1.75. The van der Waals surface area contributed by atoms with E-state index >= 15 is 0 Å². The van der Waals surface area contributed by atoms with Crippen LogP contribution >= 0.6 is 0 Å². The Bertz CT molecular complexity index is 909. The van der Waals surface area contributed by atoms with E-state index in [4.69, 9.17) is 4.43 Å². The van der Waals surface area contributed by atoms with Crippen molar-refractivity contribution in [2.75, 3.05) is 0 Å². The fraction of sp³-hybridized carbons (Fsp3) is 0.833. The van der Waals surface area contributed by atoms with Gasteiger partial charge in [0.15, 0.2) is 8.32 Å². The predicted octanol–water partition coefficient (Wildman–Crippen LogP) is 9.62. The minimum absolute atomic E-state index is 0.0374. The summed E-state index contributed by atoms with van der Waals surface area (Å²) in [7, 11) is -1.68. The molecule has 2 unspecified atom stereocenters. The molecular weight excluding hydrogens is 508 g/mol. The normalized spacial score (nSPS) is 35.2. The van der Waals surface area contributed by atoms with E-state index in [2.05, 4.69) is 81.0 Å². The SMILES string of the molecule is C=C1CC[C@H](CC)C/C1=C/C(O)C1(O)CCC[C@]2(C)[C@@H]([C@H](C)/C=C/[C@H](C)C(C)(C)O[Si](CC)(CC)CC)CC[C@@H]12. The maximum atomic E-state index is 12.2. The molecule has 0 aliphatic heterocycles. The zero-order valence-corrected chi connectivity index (χ0v) is 28.7. The standard InChI is InChI=1S/C36H64O3Si/c1-11-29-19-17-26(5)30(24-29)25-33(37)36(38)23-15-22-35(10)31(20-21-32(35)36)27(6)16-18-28(7)34(8,9)39-40(12-2,13-3)14-4/h16,18,25,27-29,31-33,37-38H,5,11-15,17,19-24H2,1-4,6-10H3/b18-16+,30-25-/t27-,28+,29+,31-,32-,33?,35-,36?/m1/s1. The molecule has 0 saturated heterocycles. The van der Waals surface area contributed by atoms with E-state index < -0.39 is 20.0 Å². The van der Waals surface area contributed by atoms with Crippen LogP contribution in [0.2, 0.25) is 18.1 Å². The average molecular weight is 573 g/mol. The van der Waals surface area contributed by atoms with Crippen molar-refractivity contribution in [3.8, 4) is 0 Å². The zero-order chi connectivity index (χ0) is 29.9. The van der Waals surface area contributed by atoms with Crippen LogP contribution in [0.5, 0.6) is 0 Å². The zero-order valence-electron chi connectivity index (χ0n) is 27.7. The van der Waals surface area contributed by atoms with Crippen LogP contribution in [0.15, 0.2) is 36.0 Å². The minimum atomic E-state index is -1.68. The molecule has 0 radical (unpaired) electrons. The van der Waals surface area contributed by atoms with Gasteiger partial charge < -0.3 is 14.6 Å². The van der Waals surface area contributed by atoms with Crippen LogP contribution in [-0.4, -0.2) is 35.8 Å². The summed E-state index contributed by atoms with van der Waals surface area (Å²) in [4.78, 5) is 0. The molecule has 2 N–H and O–H groups in total. The molecule has 0 amide bonds. The first kappa shape index (κ1) is 33.8. The fourth-order valence-electron chi connectivity index (χ4n) is 8.88. The number of hydrogen-bond acceptors (Lipinski definition) is 3. The highest BCUT2D eigenvalue weighted by Crippen LogP contribution is 2.61. The van der Waals surface area contributed by atoms with Crippen molar-refractivity contribution in [2.24, 2.45) is 35.0 Å². The maximum absolute atomic E-state index is 12.2. The van der Waals surface area contributed by atoms with E-state index in [0.29, 0.717) is 30.1 Å². The van der Waals surface area contributed by atoms with Crippen molar-refractivity contribution in [3.63, 3.8) is 0 Å². The number of aliphatic hydroxyl groups is 2. The second kappa shape index (κ2) is 13.3. The second-order valence-corrected chi connectivity index (χ2v) is 19.5. The summed E-state index contributed by atoms with van der Waals surface area (Å²) in [5.41, 5.74) is 1.17. The molecule has 0 aromatic rings. The van der Waals surface area contributed by atoms with Gasteiger partial charge in [-0.25, -0.2) is 0 Å². The molecule has 0 spiro atoms. The molecule has 3 aliphatic rings. The second-order valence-electron chi connectivity index (χ2n) is 14.8. The van der Waals surface area contributed by atoms with Crippen LogP contribution < -0.4 is 0 Å². The first-order chi connectivity index (χ1) is 18.7. The summed E-state index contributed by atoms with van der Waals surface area (Å²) in [6, 6.07) is 3.53. The number of allylic oxidation sites excluding steroid dienone is 3. The number of aliphatic hydroxyl groups excluding tert-OH is 1. The van der Waals surface area contributed by atoms with E-state index in [9.17, 15) is 10.2 Å². The van der Waals surface area contributed by atoms with Crippen LogP contribution in [0.4, 0.5) is 0 Å². The van der Waals surface area contributed by atoms with E-state index in [1.807, 2.05) is 6.08 Å². The van der Waals surface area contributed by atoms with Crippen molar-refractivity contribution < 1.29 is 14.6 Å². The van der Waals surface area contributed by atoms with E-state index in [-0.39, 0.29) is 16.9 Å². The minimum Gasteiger partial charge on any atom is -0.411 e. The van der Waals surface area contributed by atoms with Crippen LogP contribution in [0, 0.1) is 35.0 Å². The van der Waals surface area contributed by atoms with Gasteiger partial charge in [0, 0.05) is 5.92 Å². The van der Waals surface area contributed by atoms with Crippen molar-refractivity contribution >= 4 is 8.32 Å². The van der Waals surface area contributed by atoms with Gasteiger partial charge in [0.25, 0.3) is 0 Å². The Kier molecular flexibility index (Phi) is 11.3. The third-order valence-corrected chi connectivity index (χ3v) is 17.2. The van der Waals surface area contributed by atoms with Crippen molar-refractivity contribution in [1.29, 1.82) is 0 Å². The summed E-state index contributed by atoms with van der Waals surface area (Å²) in [5, 5.41) is 23.7. The van der Waals surface area contributed by atoms with Crippen molar-refractivity contribution in [2.45, 2.75) is 156 Å². The fourth-order valence-corrected chi connectivity index (χ4v) is 12.1. The smallest absolute Gasteiger partial charge is 0.192 e. The van der Waals surface area contributed by atoms with Gasteiger partial charge >= 0.3 is 0 Å². The Hall–Kier alpha value is -0.683. The third-order valence-electron chi connectivity index (χ3n) is 12.4. The lowest BCUT2D eigenvalue weighted by molar-refractivity contribution is -0.155. The quantitative estimate of drug-likeness (QED) is 0.181. The van der Waals surface area contributed by atoms with E-state index in [1.54, 1.807) is 0 Å². The first-order valence-electron chi connectivity index (χ1n) is 16.9. The van der Waals surface area contributed by atoms with Gasteiger partial charge in [-0.1, -0.05) is 79.2 Å². The number of fused-ring (bicyclic) bond motifs is 1. The first-order valence-corrected chi connectivity index (χ1v) is 19.4. The molecule has 3 nitrogen and oxygen atoms in total. The molecule has 3 fully saturated rings. The van der Waals surface area contributed by atoms with Crippen molar-refractivity contribution in [3.05, 3.63) is 36.0 Å². The monoisotopic (exact) mass is 572 g/mol. The Morgan fingerprint density at radius 3 is 2.30 bits per heavy atom. The lowest BCUT2D eigenvalue weighted by Gasteiger charge is -2.52. The van der Waals surface area contributed by atoms with Gasteiger partial charge in [0.05, 0.1) is 11.2 Å². The van der Waals surface area contributed by atoms with Gasteiger partial charge in [0.1, 0.15) is 6.10 Å². The van der Waals surface area contributed by atoms with Gasteiger partial charge in [-0.05, 0) is 124 Å². The van der Waals surface area contributed by atoms with Crippen molar-refractivity contribution in [1.82, 2.24) is 0 Å². The van der Waals surface area contributed by atoms with E-state index in [0.717, 1.165) is 44.1 Å². The van der Waals surface area contributed by atoms with Crippen LogP contribution in [0.25, 0.3) is 0 Å². The lowest BCUT2D eigenvalue weighted by atomic mass is 9.56. The predicted molar refractivity (Wildman–Crippen MR) is 174 cm³/mol. The Morgan fingerprint density at radius 1 is 1.05 bits per heavy atom. The summed E-state index contributed by atoms with van der Waals surface area (Å²) < 4.78 is 6.95. The van der Waals surface area contributed by atoms with Gasteiger partial charge in [-0.2, -0.15) is 0 Å². The number of hydrogen-bond donors (Lipinski definition) is 2. The molecule has 4 heteroatoms. The van der Waals surface area contributed by atoms with Gasteiger partial charge in [-0.3, -0.25) is 0 Å². The summed E-state index contributed by atoms with van der Waals surface area (Å²) >= 11 is 0. The lowest BCUT2D eigenvalue weighted by Crippen LogP contribution is -2.56. The topological polar surface area (TPSA) is 49.7 Å². The van der Waals surface area contributed by atoms with E-state index in [1.165, 1.54) is 36.5 Å². The third kappa shape index (κ3) is 6.76. The molecule has 0 aromatic carbocycles. The number of rotatable bonds is 12. The average Bonchev–Trinajstić information content (AvgIpc) is 3.29. The summed E-state index contributed by atoms with van der Waals surface area (Å²) in [6.07, 6.45) is 15.3. The molecule has 3 rings (SSSR count). The highest BCUT2D eigenvalue weighted by Gasteiger charge is 2.59. The molecular formula is C36H64O3Si. The van der Waals surface area contributed by atoms with Crippen LogP contribution in [0.3, 0.4) is 0 Å². The highest BCUT2D eigenvalue weighted by molar-refractivity contribution is 6.73. The molecule has 0 aromatic heterocycles. The maximum Gasteiger partial charge on any atom is 0.192 e. The summed E-state index contributed by atoms with van der Waals surface area (Å²) in [6.45, 7) is 25.2. The largest absolute Gasteiger partial charge is 0.411 e. The molecule has 8 atom stereocenters. The molecule has 0 heterocycles. The molecule has 3 saturated carbocycles.